The lowest BCUT2D eigenvalue weighted by Crippen LogP contribution is -1.98. The molecule has 0 heterocycles. The first-order valence-electron chi connectivity index (χ1n) is 4.37. The van der Waals surface area contributed by atoms with Crippen molar-refractivity contribution in [2.75, 3.05) is 12.8 Å². The lowest BCUT2D eigenvalue weighted by atomic mass is 10.1. The normalized spacial score (nSPS) is 10.6. The van der Waals surface area contributed by atoms with Gasteiger partial charge in [0.15, 0.2) is 0 Å². The largest absolute Gasteiger partial charge is 0.496 e. The molecule has 0 aliphatic rings. The monoisotopic (exact) mass is 218 g/mol. The van der Waals surface area contributed by atoms with E-state index in [9.17, 15) is 4.79 Å². The smallest absolute Gasteiger partial charge is 0.346 e. The summed E-state index contributed by atoms with van der Waals surface area (Å²) in [6.07, 6.45) is 1.24. The first-order chi connectivity index (χ1) is 7.58. The molecule has 0 spiro atoms. The predicted molar refractivity (Wildman–Crippen MR) is 58.6 cm³/mol. The van der Waals surface area contributed by atoms with E-state index in [-0.39, 0.29) is 5.57 Å². The number of carboxylic acid groups (broad SMARTS) is 1. The zero-order valence-electron chi connectivity index (χ0n) is 8.60. The molecule has 0 amide bonds. The maximum Gasteiger partial charge on any atom is 0.346 e. The Labute approximate surface area is 92.4 Å². The number of aliphatic carboxylic acids is 1. The van der Waals surface area contributed by atoms with E-state index in [1.807, 2.05) is 0 Å². The number of benzene rings is 1. The van der Waals surface area contributed by atoms with Gasteiger partial charge in [-0.25, -0.2) is 4.79 Å². The second-order valence-corrected chi connectivity index (χ2v) is 2.98. The molecule has 0 saturated heterocycles. The Hall–Kier alpha value is -2.48. The number of methoxy groups -OCH3 is 1. The van der Waals surface area contributed by atoms with Crippen molar-refractivity contribution in [3.05, 3.63) is 29.3 Å². The number of nitriles is 1. The second kappa shape index (κ2) is 4.84. The number of nitrogen functional groups attached to an aromatic ring is 1. The Balaban J connectivity index is 3.24. The predicted octanol–water partition coefficient (Wildman–Crippen LogP) is 1.27. The molecule has 5 heteroatoms. The van der Waals surface area contributed by atoms with Crippen molar-refractivity contribution in [1.29, 1.82) is 5.26 Å². The summed E-state index contributed by atoms with van der Waals surface area (Å²) in [7, 11) is 1.44. The average Bonchev–Trinajstić information content (AvgIpc) is 2.26. The van der Waals surface area contributed by atoms with Gasteiger partial charge in [-0.15, -0.1) is 0 Å². The summed E-state index contributed by atoms with van der Waals surface area (Å²) < 4.78 is 5.02. The maximum atomic E-state index is 10.6. The van der Waals surface area contributed by atoms with Crippen LogP contribution in [0.3, 0.4) is 0 Å². The van der Waals surface area contributed by atoms with Gasteiger partial charge < -0.3 is 15.6 Å². The van der Waals surface area contributed by atoms with Gasteiger partial charge in [-0.1, -0.05) is 0 Å². The van der Waals surface area contributed by atoms with Gasteiger partial charge in [0.25, 0.3) is 0 Å². The highest BCUT2D eigenvalue weighted by atomic mass is 16.5. The fraction of sp³-hybridized carbons (Fsp3) is 0.0909. The van der Waals surface area contributed by atoms with Gasteiger partial charge in [0.05, 0.1) is 7.11 Å². The Morgan fingerprint density at radius 2 is 2.31 bits per heavy atom. The van der Waals surface area contributed by atoms with Gasteiger partial charge in [0, 0.05) is 17.3 Å². The molecule has 0 bridgehead atoms. The van der Waals surface area contributed by atoms with Crippen LogP contribution in [0.1, 0.15) is 5.56 Å². The van der Waals surface area contributed by atoms with Crippen LogP contribution in [0.15, 0.2) is 23.8 Å². The van der Waals surface area contributed by atoms with Gasteiger partial charge in [-0.05, 0) is 18.2 Å². The molecule has 0 saturated carbocycles. The summed E-state index contributed by atoms with van der Waals surface area (Å²) in [5, 5.41) is 17.3. The molecule has 0 fully saturated rings. The van der Waals surface area contributed by atoms with Gasteiger partial charge in [-0.3, -0.25) is 0 Å². The standard InChI is InChI=1S/C11H10N2O3/c1-16-10-5-9(13)3-2-7(10)4-8(6-12)11(14)15/h2-5H,13H2,1H3,(H,14,15)/b8-4+. The molecule has 16 heavy (non-hydrogen) atoms. The fourth-order valence-corrected chi connectivity index (χ4v) is 1.14. The van der Waals surface area contributed by atoms with Crippen LogP contribution in [0, 0.1) is 11.3 Å². The van der Waals surface area contributed by atoms with Crippen LogP contribution in [0.4, 0.5) is 5.69 Å². The second-order valence-electron chi connectivity index (χ2n) is 2.98. The van der Waals surface area contributed by atoms with Crippen molar-refractivity contribution in [3.63, 3.8) is 0 Å². The molecular formula is C11H10N2O3. The van der Waals surface area contributed by atoms with Crippen LogP contribution in [-0.2, 0) is 4.79 Å². The van der Waals surface area contributed by atoms with E-state index in [1.165, 1.54) is 13.2 Å². The summed E-state index contributed by atoms with van der Waals surface area (Å²) in [6.45, 7) is 0. The van der Waals surface area contributed by atoms with Crippen LogP contribution in [0.5, 0.6) is 5.75 Å². The van der Waals surface area contributed by atoms with Gasteiger partial charge in [0.2, 0.25) is 0 Å². The van der Waals surface area contributed by atoms with Crippen LogP contribution in [0.2, 0.25) is 0 Å². The number of carboxylic acids is 1. The minimum Gasteiger partial charge on any atom is -0.496 e. The number of nitrogens with two attached hydrogens (primary N) is 1. The lowest BCUT2D eigenvalue weighted by Gasteiger charge is -2.05. The van der Waals surface area contributed by atoms with Crippen molar-refractivity contribution in [1.82, 2.24) is 0 Å². The van der Waals surface area contributed by atoms with Crippen molar-refractivity contribution in [2.45, 2.75) is 0 Å². The third kappa shape index (κ3) is 2.51. The molecule has 0 unspecified atom stereocenters. The van der Waals surface area contributed by atoms with E-state index >= 15 is 0 Å². The average molecular weight is 218 g/mol. The fourth-order valence-electron chi connectivity index (χ4n) is 1.14. The quantitative estimate of drug-likeness (QED) is 0.452. The number of rotatable bonds is 3. The highest BCUT2D eigenvalue weighted by Gasteiger charge is 2.08. The maximum absolute atomic E-state index is 10.6. The number of carbonyl (C=O) groups is 1. The first-order valence-corrected chi connectivity index (χ1v) is 4.37. The van der Waals surface area contributed by atoms with Crippen molar-refractivity contribution < 1.29 is 14.6 Å². The summed E-state index contributed by atoms with van der Waals surface area (Å²) in [4.78, 5) is 10.6. The third-order valence-electron chi connectivity index (χ3n) is 1.91. The van der Waals surface area contributed by atoms with Gasteiger partial charge >= 0.3 is 5.97 Å². The Kier molecular flexibility index (Phi) is 3.51. The van der Waals surface area contributed by atoms with Gasteiger partial charge in [-0.2, -0.15) is 5.26 Å². The topological polar surface area (TPSA) is 96.3 Å². The zero-order chi connectivity index (χ0) is 12.1. The van der Waals surface area contributed by atoms with Crippen molar-refractivity contribution in [2.24, 2.45) is 0 Å². The van der Waals surface area contributed by atoms with Crippen LogP contribution in [0.25, 0.3) is 6.08 Å². The SMILES string of the molecule is COc1cc(N)ccc1/C=C(\C#N)C(=O)O. The molecule has 1 aromatic carbocycles. The van der Waals surface area contributed by atoms with Crippen molar-refractivity contribution >= 4 is 17.7 Å². The number of nitrogens with zero attached hydrogens (tertiary/aromatic N) is 1. The van der Waals surface area contributed by atoms with Crippen LogP contribution in [-0.4, -0.2) is 18.2 Å². The Morgan fingerprint density at radius 1 is 1.62 bits per heavy atom. The van der Waals surface area contributed by atoms with Crippen molar-refractivity contribution in [3.8, 4) is 11.8 Å². The van der Waals surface area contributed by atoms with Crippen LogP contribution >= 0.6 is 0 Å². The lowest BCUT2D eigenvalue weighted by molar-refractivity contribution is -0.132. The summed E-state index contributed by atoms with van der Waals surface area (Å²) in [5.74, 6) is -0.852. The number of hydrogen-bond donors (Lipinski definition) is 2. The van der Waals surface area contributed by atoms with E-state index in [2.05, 4.69) is 0 Å². The molecule has 0 radical (unpaired) electrons. The van der Waals surface area contributed by atoms with Crippen LogP contribution < -0.4 is 10.5 Å². The molecule has 0 aromatic heterocycles. The number of hydrogen-bond acceptors (Lipinski definition) is 4. The highest BCUT2D eigenvalue weighted by molar-refractivity contribution is 5.96. The molecule has 3 N–H and O–H groups in total. The molecule has 0 atom stereocenters. The van der Waals surface area contributed by atoms with Gasteiger partial charge in [0.1, 0.15) is 17.4 Å². The minimum absolute atomic E-state index is 0.358. The molecule has 82 valence electrons. The molecule has 5 nitrogen and oxygen atoms in total. The molecule has 0 aliphatic carbocycles. The first kappa shape index (κ1) is 11.6. The molecule has 1 rings (SSSR count). The van der Waals surface area contributed by atoms with E-state index in [1.54, 1.807) is 24.3 Å². The zero-order valence-corrected chi connectivity index (χ0v) is 8.60. The molecular weight excluding hydrogens is 208 g/mol. The summed E-state index contributed by atoms with van der Waals surface area (Å²) in [6, 6.07) is 6.34. The van der Waals surface area contributed by atoms with E-state index < -0.39 is 5.97 Å². The minimum atomic E-state index is -1.28. The Bertz CT molecular complexity index is 486. The number of anilines is 1. The molecule has 0 aliphatic heterocycles. The van der Waals surface area contributed by atoms with E-state index in [0.29, 0.717) is 17.0 Å². The summed E-state index contributed by atoms with van der Waals surface area (Å²) in [5.41, 5.74) is 6.18. The number of ether oxygens (including phenoxy) is 1. The van der Waals surface area contributed by atoms with E-state index in [4.69, 9.17) is 20.8 Å². The molecule has 1 aromatic rings. The highest BCUT2D eigenvalue weighted by Crippen LogP contribution is 2.23. The summed E-state index contributed by atoms with van der Waals surface area (Å²) >= 11 is 0. The third-order valence-corrected chi connectivity index (χ3v) is 1.91. The van der Waals surface area contributed by atoms with E-state index in [0.717, 1.165) is 0 Å². The Morgan fingerprint density at radius 3 is 2.81 bits per heavy atom.